The summed E-state index contributed by atoms with van der Waals surface area (Å²) in [6.07, 6.45) is 0. The highest BCUT2D eigenvalue weighted by Gasteiger charge is 2.15. The molecule has 3 aromatic rings. The standard InChI is InChI=1S/C19H16S2/c20-17-11-13-18(14-12-17)21-19(15-7-3-1-4-8-15)16-9-5-2-6-10-16/h1-14,19-20H. The van der Waals surface area contributed by atoms with Crippen LogP contribution in [0.2, 0.25) is 0 Å². The minimum atomic E-state index is 0.304. The van der Waals surface area contributed by atoms with E-state index in [1.165, 1.54) is 16.0 Å². The van der Waals surface area contributed by atoms with Gasteiger partial charge in [0, 0.05) is 9.79 Å². The number of benzene rings is 3. The molecule has 21 heavy (non-hydrogen) atoms. The van der Waals surface area contributed by atoms with Crippen LogP contribution in [-0.2, 0) is 0 Å². The predicted molar refractivity (Wildman–Crippen MR) is 94.3 cm³/mol. The molecule has 0 aliphatic heterocycles. The van der Waals surface area contributed by atoms with Crippen LogP contribution in [0.1, 0.15) is 16.4 Å². The summed E-state index contributed by atoms with van der Waals surface area (Å²) in [5, 5.41) is 0.304. The molecule has 0 bridgehead atoms. The lowest BCUT2D eigenvalue weighted by Gasteiger charge is -2.17. The molecule has 0 N–H and O–H groups in total. The molecule has 0 unspecified atom stereocenters. The van der Waals surface area contributed by atoms with Crippen molar-refractivity contribution in [3.63, 3.8) is 0 Å². The van der Waals surface area contributed by atoms with E-state index in [4.69, 9.17) is 0 Å². The Hall–Kier alpha value is -1.64. The van der Waals surface area contributed by atoms with Crippen molar-refractivity contribution in [1.29, 1.82) is 0 Å². The van der Waals surface area contributed by atoms with E-state index < -0.39 is 0 Å². The Bertz CT molecular complexity index is 636. The second-order valence-electron chi connectivity index (χ2n) is 4.81. The highest BCUT2D eigenvalue weighted by atomic mass is 32.2. The zero-order valence-electron chi connectivity index (χ0n) is 11.5. The maximum Gasteiger partial charge on any atom is 0.0593 e. The van der Waals surface area contributed by atoms with Crippen molar-refractivity contribution in [3.05, 3.63) is 96.1 Å². The van der Waals surface area contributed by atoms with Crippen LogP contribution < -0.4 is 0 Å². The molecule has 2 heteroatoms. The first-order valence-electron chi connectivity index (χ1n) is 6.88. The van der Waals surface area contributed by atoms with E-state index in [0.29, 0.717) is 5.25 Å². The molecule has 3 aromatic carbocycles. The van der Waals surface area contributed by atoms with E-state index in [0.717, 1.165) is 4.90 Å². The van der Waals surface area contributed by atoms with Crippen LogP contribution >= 0.6 is 24.4 Å². The molecule has 0 aliphatic rings. The highest BCUT2D eigenvalue weighted by Crippen LogP contribution is 2.40. The molecule has 0 fully saturated rings. The van der Waals surface area contributed by atoms with E-state index >= 15 is 0 Å². The predicted octanol–water partition coefficient (Wildman–Crippen LogP) is 5.86. The number of hydrogen-bond acceptors (Lipinski definition) is 2. The minimum absolute atomic E-state index is 0.304. The van der Waals surface area contributed by atoms with Crippen LogP contribution in [0, 0.1) is 0 Å². The highest BCUT2D eigenvalue weighted by molar-refractivity contribution is 7.99. The number of hydrogen-bond donors (Lipinski definition) is 1. The lowest BCUT2D eigenvalue weighted by Crippen LogP contribution is -1.96. The molecule has 0 saturated carbocycles. The SMILES string of the molecule is Sc1ccc(SC(c2ccccc2)c2ccccc2)cc1. The lowest BCUT2D eigenvalue weighted by atomic mass is 10.0. The minimum Gasteiger partial charge on any atom is -0.143 e. The van der Waals surface area contributed by atoms with Gasteiger partial charge >= 0.3 is 0 Å². The van der Waals surface area contributed by atoms with Crippen LogP contribution in [0.15, 0.2) is 94.7 Å². The van der Waals surface area contributed by atoms with Gasteiger partial charge in [-0.2, -0.15) is 0 Å². The summed E-state index contributed by atoms with van der Waals surface area (Å²) in [7, 11) is 0. The van der Waals surface area contributed by atoms with Gasteiger partial charge in [0.1, 0.15) is 0 Å². The number of thioether (sulfide) groups is 1. The van der Waals surface area contributed by atoms with Crippen molar-refractivity contribution >= 4 is 24.4 Å². The fourth-order valence-corrected chi connectivity index (χ4v) is 3.55. The zero-order valence-corrected chi connectivity index (χ0v) is 13.2. The summed E-state index contributed by atoms with van der Waals surface area (Å²) in [5.41, 5.74) is 2.65. The van der Waals surface area contributed by atoms with Crippen molar-refractivity contribution < 1.29 is 0 Å². The molecule has 3 rings (SSSR count). The van der Waals surface area contributed by atoms with Gasteiger partial charge in [0.25, 0.3) is 0 Å². The monoisotopic (exact) mass is 308 g/mol. The maximum atomic E-state index is 4.35. The summed E-state index contributed by atoms with van der Waals surface area (Å²) in [6.45, 7) is 0. The van der Waals surface area contributed by atoms with E-state index in [1.807, 2.05) is 23.9 Å². The van der Waals surface area contributed by atoms with E-state index in [9.17, 15) is 0 Å². The molecular formula is C19H16S2. The Kier molecular flexibility index (Phi) is 4.69. The van der Waals surface area contributed by atoms with Gasteiger partial charge < -0.3 is 0 Å². The van der Waals surface area contributed by atoms with Crippen LogP contribution in [0.3, 0.4) is 0 Å². The third-order valence-electron chi connectivity index (χ3n) is 3.30. The van der Waals surface area contributed by atoms with E-state index in [1.54, 1.807) is 0 Å². The maximum absolute atomic E-state index is 4.35. The zero-order chi connectivity index (χ0) is 14.5. The van der Waals surface area contributed by atoms with E-state index in [-0.39, 0.29) is 0 Å². The topological polar surface area (TPSA) is 0 Å². The van der Waals surface area contributed by atoms with Gasteiger partial charge in [-0.3, -0.25) is 0 Å². The van der Waals surface area contributed by atoms with Gasteiger partial charge in [-0.15, -0.1) is 24.4 Å². The molecular weight excluding hydrogens is 292 g/mol. The summed E-state index contributed by atoms with van der Waals surface area (Å²) in [5.74, 6) is 0. The molecule has 0 spiro atoms. The van der Waals surface area contributed by atoms with Crippen molar-refractivity contribution in [2.75, 3.05) is 0 Å². The fourth-order valence-electron chi connectivity index (χ4n) is 2.24. The summed E-state index contributed by atoms with van der Waals surface area (Å²) in [6, 6.07) is 29.6. The summed E-state index contributed by atoms with van der Waals surface area (Å²) in [4.78, 5) is 2.25. The Morgan fingerprint density at radius 2 is 1.10 bits per heavy atom. The molecule has 0 aliphatic carbocycles. The number of thiol groups is 1. The Morgan fingerprint density at radius 3 is 1.57 bits per heavy atom. The van der Waals surface area contributed by atoms with Crippen molar-refractivity contribution in [2.24, 2.45) is 0 Å². The number of rotatable bonds is 4. The average molecular weight is 308 g/mol. The first-order valence-corrected chi connectivity index (χ1v) is 8.21. The van der Waals surface area contributed by atoms with Crippen LogP contribution in [0.5, 0.6) is 0 Å². The first-order chi connectivity index (χ1) is 10.3. The smallest absolute Gasteiger partial charge is 0.0593 e. The molecule has 0 atom stereocenters. The molecule has 0 aromatic heterocycles. The molecule has 0 heterocycles. The quantitative estimate of drug-likeness (QED) is 0.465. The second kappa shape index (κ2) is 6.88. The first kappa shape index (κ1) is 14.3. The van der Waals surface area contributed by atoms with Gasteiger partial charge in [-0.05, 0) is 35.4 Å². The van der Waals surface area contributed by atoms with Crippen molar-refractivity contribution in [1.82, 2.24) is 0 Å². The molecule has 0 amide bonds. The Morgan fingerprint density at radius 1 is 0.619 bits per heavy atom. The van der Waals surface area contributed by atoms with Crippen LogP contribution in [0.25, 0.3) is 0 Å². The molecule has 0 nitrogen and oxygen atoms in total. The third kappa shape index (κ3) is 3.72. The van der Waals surface area contributed by atoms with Gasteiger partial charge in [-0.25, -0.2) is 0 Å². The molecule has 104 valence electrons. The summed E-state index contributed by atoms with van der Waals surface area (Å²) < 4.78 is 0. The van der Waals surface area contributed by atoms with Gasteiger partial charge in [0.2, 0.25) is 0 Å². The average Bonchev–Trinajstić information content (AvgIpc) is 2.56. The van der Waals surface area contributed by atoms with E-state index in [2.05, 4.69) is 85.4 Å². The molecule has 0 radical (unpaired) electrons. The van der Waals surface area contributed by atoms with Crippen molar-refractivity contribution in [3.8, 4) is 0 Å². The van der Waals surface area contributed by atoms with Gasteiger partial charge in [0.15, 0.2) is 0 Å². The third-order valence-corrected chi connectivity index (χ3v) is 4.92. The van der Waals surface area contributed by atoms with Gasteiger partial charge in [0.05, 0.1) is 5.25 Å². The Balaban J connectivity index is 1.95. The van der Waals surface area contributed by atoms with Crippen molar-refractivity contribution in [2.45, 2.75) is 15.0 Å². The Labute approximate surface area is 135 Å². The summed E-state index contributed by atoms with van der Waals surface area (Å²) >= 11 is 6.22. The van der Waals surface area contributed by atoms with Gasteiger partial charge in [-0.1, -0.05) is 60.7 Å². The van der Waals surface area contributed by atoms with Crippen LogP contribution in [-0.4, -0.2) is 0 Å². The lowest BCUT2D eigenvalue weighted by molar-refractivity contribution is 1.15. The molecule has 0 saturated heterocycles. The second-order valence-corrected chi connectivity index (χ2v) is 6.51. The normalized spacial score (nSPS) is 10.8. The van der Waals surface area contributed by atoms with Crippen LogP contribution in [0.4, 0.5) is 0 Å². The largest absolute Gasteiger partial charge is 0.143 e. The fraction of sp³-hybridized carbons (Fsp3) is 0.0526.